The molecule has 2 N–H and O–H groups in total. The van der Waals surface area contributed by atoms with Gasteiger partial charge in [0, 0.05) is 13.2 Å². The molecule has 1 saturated heterocycles. The standard InChI is InChI=1S/C27H29N3O6S/c1-37(33,34)30(24-15-7-8-16-25(24)36-20-10-3-2-4-11-20)19-26(31)29-23-14-6-5-13-22(23)27(32)28-18-21-12-9-17-35-21/h2-8,10-11,13-16,21H,9,12,17-19H2,1H3,(H,28,32)(H,29,31). The summed E-state index contributed by atoms with van der Waals surface area (Å²) in [6, 6.07) is 22.1. The number of sulfonamides is 1. The fourth-order valence-corrected chi connectivity index (χ4v) is 4.82. The van der Waals surface area contributed by atoms with Gasteiger partial charge in [-0.2, -0.15) is 0 Å². The molecule has 0 spiro atoms. The summed E-state index contributed by atoms with van der Waals surface area (Å²) < 4.78 is 37.9. The van der Waals surface area contributed by atoms with Gasteiger partial charge in [-0.1, -0.05) is 42.5 Å². The second-order valence-corrected chi connectivity index (χ2v) is 10.5. The van der Waals surface area contributed by atoms with Gasteiger partial charge in [0.1, 0.15) is 12.3 Å². The highest BCUT2D eigenvalue weighted by Gasteiger charge is 2.25. The summed E-state index contributed by atoms with van der Waals surface area (Å²) in [5, 5.41) is 5.52. The Hall–Kier alpha value is -3.89. The van der Waals surface area contributed by atoms with E-state index in [1.165, 1.54) is 0 Å². The van der Waals surface area contributed by atoms with Crippen LogP contribution in [0.25, 0.3) is 0 Å². The van der Waals surface area contributed by atoms with E-state index < -0.39 is 22.5 Å². The van der Waals surface area contributed by atoms with Crippen LogP contribution in [-0.2, 0) is 19.6 Å². The lowest BCUT2D eigenvalue weighted by Gasteiger charge is -2.24. The molecule has 1 unspecified atom stereocenters. The fraction of sp³-hybridized carbons (Fsp3) is 0.259. The molecule has 10 heteroatoms. The van der Waals surface area contributed by atoms with Crippen LogP contribution < -0.4 is 19.7 Å². The number of para-hydroxylation sites is 4. The molecule has 3 aromatic rings. The van der Waals surface area contributed by atoms with Gasteiger partial charge in [0.15, 0.2) is 5.75 Å². The highest BCUT2D eigenvalue weighted by Crippen LogP contribution is 2.33. The first kappa shape index (κ1) is 26.2. The van der Waals surface area contributed by atoms with Crippen molar-refractivity contribution in [3.05, 3.63) is 84.4 Å². The maximum absolute atomic E-state index is 13.0. The first-order valence-electron chi connectivity index (χ1n) is 11.9. The summed E-state index contributed by atoms with van der Waals surface area (Å²) in [4.78, 5) is 25.8. The number of nitrogens with zero attached hydrogens (tertiary/aromatic N) is 1. The van der Waals surface area contributed by atoms with Crippen molar-refractivity contribution in [3.8, 4) is 11.5 Å². The van der Waals surface area contributed by atoms with E-state index in [9.17, 15) is 18.0 Å². The van der Waals surface area contributed by atoms with Gasteiger partial charge >= 0.3 is 0 Å². The van der Waals surface area contributed by atoms with Crippen LogP contribution in [0, 0.1) is 0 Å². The monoisotopic (exact) mass is 523 g/mol. The summed E-state index contributed by atoms with van der Waals surface area (Å²) in [5.74, 6) is -0.163. The number of benzene rings is 3. The molecular formula is C27H29N3O6S. The minimum atomic E-state index is -3.87. The largest absolute Gasteiger partial charge is 0.455 e. The molecule has 1 fully saturated rings. The van der Waals surface area contributed by atoms with E-state index in [-0.39, 0.29) is 34.7 Å². The summed E-state index contributed by atoms with van der Waals surface area (Å²) >= 11 is 0. The third-order valence-corrected chi connectivity index (χ3v) is 6.88. The molecule has 0 aromatic heterocycles. The van der Waals surface area contributed by atoms with Crippen LogP contribution in [0.5, 0.6) is 11.5 Å². The van der Waals surface area contributed by atoms with Crippen LogP contribution in [0.4, 0.5) is 11.4 Å². The first-order chi connectivity index (χ1) is 17.8. The van der Waals surface area contributed by atoms with Gasteiger partial charge in [0.25, 0.3) is 5.91 Å². The van der Waals surface area contributed by atoms with E-state index in [1.54, 1.807) is 72.8 Å². The van der Waals surface area contributed by atoms with Gasteiger partial charge in [0.2, 0.25) is 15.9 Å². The van der Waals surface area contributed by atoms with E-state index in [4.69, 9.17) is 9.47 Å². The smallest absolute Gasteiger partial charge is 0.253 e. The van der Waals surface area contributed by atoms with Gasteiger partial charge in [-0.25, -0.2) is 8.42 Å². The van der Waals surface area contributed by atoms with Crippen molar-refractivity contribution in [1.82, 2.24) is 5.32 Å². The Morgan fingerprint density at radius 2 is 1.70 bits per heavy atom. The molecule has 0 bridgehead atoms. The number of hydrogen-bond donors (Lipinski definition) is 2. The number of carbonyl (C=O) groups is 2. The molecule has 1 aliphatic rings. The predicted octanol–water partition coefficient (Wildman–Crippen LogP) is 3.79. The molecule has 2 amide bonds. The number of rotatable bonds is 10. The van der Waals surface area contributed by atoms with Crippen molar-refractivity contribution in [1.29, 1.82) is 0 Å². The number of ether oxygens (including phenoxy) is 2. The molecule has 9 nitrogen and oxygen atoms in total. The summed E-state index contributed by atoms with van der Waals surface area (Å²) in [6.45, 7) is 0.546. The number of hydrogen-bond acceptors (Lipinski definition) is 6. The molecule has 0 radical (unpaired) electrons. The van der Waals surface area contributed by atoms with E-state index in [0.29, 0.717) is 18.9 Å². The van der Waals surface area contributed by atoms with E-state index in [1.807, 2.05) is 6.07 Å². The summed E-state index contributed by atoms with van der Waals surface area (Å²) in [5.41, 5.74) is 0.763. The van der Waals surface area contributed by atoms with Crippen molar-refractivity contribution in [2.75, 3.05) is 35.6 Å². The maximum Gasteiger partial charge on any atom is 0.253 e. The Labute approximate surface area is 216 Å². The lowest BCUT2D eigenvalue weighted by Crippen LogP contribution is -2.38. The Morgan fingerprint density at radius 3 is 2.43 bits per heavy atom. The maximum atomic E-state index is 13.0. The zero-order valence-corrected chi connectivity index (χ0v) is 21.2. The molecule has 3 aromatic carbocycles. The average Bonchev–Trinajstić information content (AvgIpc) is 3.40. The number of anilines is 2. The lowest BCUT2D eigenvalue weighted by molar-refractivity contribution is -0.114. The first-order valence-corrected chi connectivity index (χ1v) is 13.7. The van der Waals surface area contributed by atoms with Crippen LogP contribution >= 0.6 is 0 Å². The molecular weight excluding hydrogens is 494 g/mol. The Morgan fingerprint density at radius 1 is 1.00 bits per heavy atom. The normalized spacial score (nSPS) is 15.1. The van der Waals surface area contributed by atoms with Crippen LogP contribution in [-0.4, -0.2) is 52.3 Å². The van der Waals surface area contributed by atoms with Crippen molar-refractivity contribution in [2.45, 2.75) is 18.9 Å². The number of carbonyl (C=O) groups excluding carboxylic acids is 2. The molecule has 1 aliphatic heterocycles. The van der Waals surface area contributed by atoms with Crippen molar-refractivity contribution >= 4 is 33.2 Å². The molecule has 37 heavy (non-hydrogen) atoms. The second-order valence-electron chi connectivity index (χ2n) is 8.59. The van der Waals surface area contributed by atoms with Gasteiger partial charge in [-0.05, 0) is 49.2 Å². The minimum absolute atomic E-state index is 0.0211. The lowest BCUT2D eigenvalue weighted by atomic mass is 10.1. The highest BCUT2D eigenvalue weighted by molar-refractivity contribution is 7.92. The molecule has 1 atom stereocenters. The molecule has 194 valence electrons. The number of nitrogens with one attached hydrogen (secondary N) is 2. The zero-order valence-electron chi connectivity index (χ0n) is 20.4. The van der Waals surface area contributed by atoms with E-state index in [2.05, 4.69) is 10.6 Å². The van der Waals surface area contributed by atoms with Crippen molar-refractivity contribution in [2.24, 2.45) is 0 Å². The average molecular weight is 524 g/mol. The van der Waals surface area contributed by atoms with Crippen LogP contribution in [0.1, 0.15) is 23.2 Å². The van der Waals surface area contributed by atoms with Gasteiger partial charge < -0.3 is 20.1 Å². The SMILES string of the molecule is CS(=O)(=O)N(CC(=O)Nc1ccccc1C(=O)NCC1CCCO1)c1ccccc1Oc1ccccc1. The zero-order chi connectivity index (χ0) is 26.3. The van der Waals surface area contributed by atoms with Gasteiger partial charge in [-0.3, -0.25) is 13.9 Å². The van der Waals surface area contributed by atoms with Crippen LogP contribution in [0.3, 0.4) is 0 Å². The predicted molar refractivity (Wildman–Crippen MR) is 142 cm³/mol. The quantitative estimate of drug-likeness (QED) is 0.418. The molecule has 1 heterocycles. The minimum Gasteiger partial charge on any atom is -0.455 e. The van der Waals surface area contributed by atoms with Gasteiger partial charge in [0.05, 0.1) is 29.3 Å². The van der Waals surface area contributed by atoms with Crippen molar-refractivity contribution in [3.63, 3.8) is 0 Å². The fourth-order valence-electron chi connectivity index (χ4n) is 3.96. The Bertz CT molecular complexity index is 1340. The molecule has 0 aliphatic carbocycles. The Kier molecular flexibility index (Phi) is 8.42. The molecule has 4 rings (SSSR count). The number of amides is 2. The third-order valence-electron chi connectivity index (χ3n) is 5.75. The Balaban J connectivity index is 1.50. The van der Waals surface area contributed by atoms with Crippen molar-refractivity contribution < 1.29 is 27.5 Å². The van der Waals surface area contributed by atoms with E-state index in [0.717, 1.165) is 23.4 Å². The third kappa shape index (κ3) is 7.08. The van der Waals surface area contributed by atoms with Gasteiger partial charge in [-0.15, -0.1) is 0 Å². The highest BCUT2D eigenvalue weighted by atomic mass is 32.2. The second kappa shape index (κ2) is 11.9. The van der Waals surface area contributed by atoms with Crippen LogP contribution in [0.15, 0.2) is 78.9 Å². The topological polar surface area (TPSA) is 114 Å². The summed E-state index contributed by atoms with van der Waals surface area (Å²) in [7, 11) is -3.87. The summed E-state index contributed by atoms with van der Waals surface area (Å²) in [6.07, 6.45) is 2.85. The van der Waals surface area contributed by atoms with Crippen LogP contribution in [0.2, 0.25) is 0 Å². The van der Waals surface area contributed by atoms with E-state index >= 15 is 0 Å². The molecule has 0 saturated carbocycles.